The van der Waals surface area contributed by atoms with Gasteiger partial charge < -0.3 is 0 Å². The van der Waals surface area contributed by atoms with Gasteiger partial charge in [0.05, 0.1) is 10.0 Å². The van der Waals surface area contributed by atoms with E-state index in [1.807, 2.05) is 0 Å². The highest BCUT2D eigenvalue weighted by Crippen LogP contribution is 2.28. The van der Waals surface area contributed by atoms with E-state index in [-0.39, 0.29) is 10.0 Å². The Morgan fingerprint density at radius 1 is 1.11 bits per heavy atom. The van der Waals surface area contributed by atoms with Gasteiger partial charge in [-0.05, 0) is 62.5 Å². The molecule has 19 heavy (non-hydrogen) atoms. The number of carbonyl (C=O) groups excluding carboxylic acids is 1. The molecule has 0 aromatic heterocycles. The van der Waals surface area contributed by atoms with Gasteiger partial charge in [-0.1, -0.05) is 12.1 Å². The lowest BCUT2D eigenvalue weighted by Gasteiger charge is -2.09. The van der Waals surface area contributed by atoms with Gasteiger partial charge >= 0.3 is 0 Å². The first-order chi connectivity index (χ1) is 8.93. The van der Waals surface area contributed by atoms with Crippen molar-refractivity contribution in [3.05, 3.63) is 67.6 Å². The molecule has 0 saturated heterocycles. The number of ketones is 1. The minimum atomic E-state index is -0.890. The van der Waals surface area contributed by atoms with Crippen LogP contribution in [-0.4, -0.2) is 5.78 Å². The third-order valence-corrected chi connectivity index (χ3v) is 4.37. The van der Waals surface area contributed by atoms with Crippen LogP contribution in [0.2, 0.25) is 0 Å². The summed E-state index contributed by atoms with van der Waals surface area (Å²) in [5, 5.41) is 0. The predicted octanol–water partition coefficient (Wildman–Crippen LogP) is 5.03. The first kappa shape index (κ1) is 14.3. The first-order valence-electron chi connectivity index (χ1n) is 5.36. The van der Waals surface area contributed by atoms with Crippen molar-refractivity contribution in [1.29, 1.82) is 0 Å². The second-order valence-corrected chi connectivity index (χ2v) is 5.63. The van der Waals surface area contributed by atoms with Crippen LogP contribution in [0.5, 0.6) is 0 Å². The van der Waals surface area contributed by atoms with Crippen molar-refractivity contribution < 1.29 is 13.6 Å². The molecule has 0 fully saturated rings. The van der Waals surface area contributed by atoms with E-state index in [0.29, 0.717) is 4.47 Å². The first-order valence-corrected chi connectivity index (χ1v) is 6.95. The molecule has 0 aliphatic rings. The van der Waals surface area contributed by atoms with Crippen molar-refractivity contribution in [2.24, 2.45) is 0 Å². The summed E-state index contributed by atoms with van der Waals surface area (Å²) in [5.41, 5.74) is 0.498. The Balaban J connectivity index is 2.63. The van der Waals surface area contributed by atoms with Gasteiger partial charge in [-0.2, -0.15) is 0 Å². The number of benzene rings is 2. The molecule has 0 unspecified atom stereocenters. The summed E-state index contributed by atoms with van der Waals surface area (Å²) in [7, 11) is 0. The maximum atomic E-state index is 13.9. The predicted molar refractivity (Wildman–Crippen MR) is 76.4 cm³/mol. The molecule has 5 heteroatoms. The monoisotopic (exact) mass is 388 g/mol. The van der Waals surface area contributed by atoms with Crippen molar-refractivity contribution in [2.75, 3.05) is 0 Å². The Morgan fingerprint density at radius 3 is 2.47 bits per heavy atom. The van der Waals surface area contributed by atoms with Gasteiger partial charge in [0.1, 0.15) is 5.82 Å². The summed E-state index contributed by atoms with van der Waals surface area (Å²) in [6.45, 7) is 1.80. The van der Waals surface area contributed by atoms with Gasteiger partial charge in [0.15, 0.2) is 11.6 Å². The molecule has 0 amide bonds. The molecule has 1 nitrogen and oxygen atoms in total. The molecule has 0 heterocycles. The van der Waals surface area contributed by atoms with E-state index in [0.717, 1.165) is 11.6 Å². The third kappa shape index (κ3) is 2.62. The molecule has 0 atom stereocenters. The lowest BCUT2D eigenvalue weighted by atomic mass is 10.0. The maximum absolute atomic E-state index is 13.9. The van der Waals surface area contributed by atoms with Crippen LogP contribution in [0.15, 0.2) is 39.3 Å². The summed E-state index contributed by atoms with van der Waals surface area (Å²) in [5.74, 6) is -2.45. The Bertz CT molecular complexity index is 669. The van der Waals surface area contributed by atoms with E-state index in [1.165, 1.54) is 12.1 Å². The number of carbonyl (C=O) groups is 1. The van der Waals surface area contributed by atoms with Gasteiger partial charge in [-0.25, -0.2) is 8.78 Å². The molecule has 0 aliphatic heterocycles. The molecule has 0 saturated carbocycles. The lowest BCUT2D eigenvalue weighted by molar-refractivity contribution is 0.103. The highest BCUT2D eigenvalue weighted by molar-refractivity contribution is 9.10. The zero-order valence-electron chi connectivity index (χ0n) is 9.81. The SMILES string of the molecule is Cc1cccc(C(=O)c2c(F)ccc(Br)c2F)c1Br. The van der Waals surface area contributed by atoms with Crippen LogP contribution >= 0.6 is 31.9 Å². The largest absolute Gasteiger partial charge is 0.288 e. The third-order valence-electron chi connectivity index (χ3n) is 2.71. The van der Waals surface area contributed by atoms with Crippen LogP contribution in [-0.2, 0) is 0 Å². The van der Waals surface area contributed by atoms with Gasteiger partial charge in [0.25, 0.3) is 0 Å². The van der Waals surface area contributed by atoms with Gasteiger partial charge in [-0.15, -0.1) is 0 Å². The lowest BCUT2D eigenvalue weighted by Crippen LogP contribution is -2.09. The number of hydrogen-bond donors (Lipinski definition) is 0. The Kier molecular flexibility index (Phi) is 4.16. The highest BCUT2D eigenvalue weighted by Gasteiger charge is 2.23. The molecule has 0 radical (unpaired) electrons. The molecule has 0 N–H and O–H groups in total. The molecule has 2 aromatic carbocycles. The van der Waals surface area contributed by atoms with Crippen LogP contribution in [0.3, 0.4) is 0 Å². The normalized spacial score (nSPS) is 10.6. The van der Waals surface area contributed by atoms with Crippen LogP contribution in [0.1, 0.15) is 21.5 Å². The molecule has 0 bridgehead atoms. The van der Waals surface area contributed by atoms with Crippen molar-refractivity contribution >= 4 is 37.6 Å². The van der Waals surface area contributed by atoms with Crippen LogP contribution in [0.4, 0.5) is 8.78 Å². The Labute approximate surface area is 125 Å². The summed E-state index contributed by atoms with van der Waals surface area (Å²) in [6, 6.07) is 7.28. The second kappa shape index (κ2) is 5.51. The van der Waals surface area contributed by atoms with E-state index in [1.54, 1.807) is 19.1 Å². The summed E-state index contributed by atoms with van der Waals surface area (Å²) >= 11 is 6.22. The topological polar surface area (TPSA) is 17.1 Å². The summed E-state index contributed by atoms with van der Waals surface area (Å²) in [4.78, 5) is 12.3. The number of halogens is 4. The zero-order valence-corrected chi connectivity index (χ0v) is 13.0. The molecule has 0 spiro atoms. The van der Waals surface area contributed by atoms with E-state index in [2.05, 4.69) is 31.9 Å². The fourth-order valence-electron chi connectivity index (χ4n) is 1.69. The number of rotatable bonds is 2. The fourth-order valence-corrected chi connectivity index (χ4v) is 2.47. The van der Waals surface area contributed by atoms with Crippen LogP contribution in [0.25, 0.3) is 0 Å². The molecule has 98 valence electrons. The van der Waals surface area contributed by atoms with Gasteiger partial charge in [0, 0.05) is 10.0 Å². The standard InChI is InChI=1S/C14H8Br2F2O/c1-7-3-2-4-8(12(7)16)14(19)11-10(17)6-5-9(15)13(11)18/h2-6H,1H3. The van der Waals surface area contributed by atoms with Crippen molar-refractivity contribution in [3.63, 3.8) is 0 Å². The van der Waals surface area contributed by atoms with Crippen molar-refractivity contribution in [3.8, 4) is 0 Å². The Hall–Kier alpha value is -1.07. The zero-order chi connectivity index (χ0) is 14.2. The average Bonchev–Trinajstić information content (AvgIpc) is 2.37. The van der Waals surface area contributed by atoms with E-state index in [4.69, 9.17) is 0 Å². The summed E-state index contributed by atoms with van der Waals surface area (Å²) in [6.07, 6.45) is 0. The smallest absolute Gasteiger partial charge is 0.200 e. The van der Waals surface area contributed by atoms with Gasteiger partial charge in [-0.3, -0.25) is 4.79 Å². The minimum absolute atomic E-state index is 0.0565. The van der Waals surface area contributed by atoms with Gasteiger partial charge in [0.2, 0.25) is 0 Å². The summed E-state index contributed by atoms with van der Waals surface area (Å²) < 4.78 is 28.2. The van der Waals surface area contributed by atoms with E-state index >= 15 is 0 Å². The van der Waals surface area contributed by atoms with Crippen molar-refractivity contribution in [1.82, 2.24) is 0 Å². The van der Waals surface area contributed by atoms with E-state index in [9.17, 15) is 13.6 Å². The second-order valence-electron chi connectivity index (χ2n) is 3.98. The highest BCUT2D eigenvalue weighted by atomic mass is 79.9. The molecule has 2 aromatic rings. The fraction of sp³-hybridized carbons (Fsp3) is 0.0714. The maximum Gasteiger partial charge on any atom is 0.200 e. The number of hydrogen-bond acceptors (Lipinski definition) is 1. The molecular formula is C14H8Br2F2O. The van der Waals surface area contributed by atoms with Crippen LogP contribution in [0, 0.1) is 18.6 Å². The molecular weight excluding hydrogens is 382 g/mol. The van der Waals surface area contributed by atoms with Crippen LogP contribution < -0.4 is 0 Å². The van der Waals surface area contributed by atoms with E-state index < -0.39 is 23.0 Å². The Morgan fingerprint density at radius 2 is 1.79 bits per heavy atom. The average molecular weight is 390 g/mol. The minimum Gasteiger partial charge on any atom is -0.288 e. The molecule has 2 rings (SSSR count). The molecule has 0 aliphatic carbocycles. The van der Waals surface area contributed by atoms with Crippen molar-refractivity contribution in [2.45, 2.75) is 6.92 Å². The number of aryl methyl sites for hydroxylation is 1. The quantitative estimate of drug-likeness (QED) is 0.520.